The Kier molecular flexibility index (Phi) is 4.78. The van der Waals surface area contributed by atoms with Gasteiger partial charge in [0.25, 0.3) is 5.91 Å². The number of rotatable bonds is 3. The van der Waals surface area contributed by atoms with Gasteiger partial charge in [-0.3, -0.25) is 4.79 Å². The number of halogens is 1. The maximum absolute atomic E-state index is 12.3. The SMILES string of the molecule is O=C(c1ccc(Br)cc1)N1CCCC(CCO)C1. The van der Waals surface area contributed by atoms with Crippen molar-refractivity contribution in [2.75, 3.05) is 19.7 Å². The molecule has 0 aromatic heterocycles. The summed E-state index contributed by atoms with van der Waals surface area (Å²) in [5, 5.41) is 8.98. The van der Waals surface area contributed by atoms with Gasteiger partial charge in [-0.05, 0) is 49.4 Å². The molecule has 1 aromatic rings. The average Bonchev–Trinajstić information content (AvgIpc) is 2.39. The molecule has 0 radical (unpaired) electrons. The van der Waals surface area contributed by atoms with Crippen molar-refractivity contribution in [3.63, 3.8) is 0 Å². The van der Waals surface area contributed by atoms with Crippen LogP contribution < -0.4 is 0 Å². The summed E-state index contributed by atoms with van der Waals surface area (Å²) in [6, 6.07) is 7.48. The minimum atomic E-state index is 0.102. The highest BCUT2D eigenvalue weighted by molar-refractivity contribution is 9.10. The molecule has 1 heterocycles. The number of hydrogen-bond donors (Lipinski definition) is 1. The predicted molar refractivity (Wildman–Crippen MR) is 74.5 cm³/mol. The minimum absolute atomic E-state index is 0.102. The smallest absolute Gasteiger partial charge is 0.253 e. The molecule has 4 heteroatoms. The van der Waals surface area contributed by atoms with Gasteiger partial charge in [0, 0.05) is 29.7 Å². The van der Waals surface area contributed by atoms with Crippen molar-refractivity contribution in [1.82, 2.24) is 4.90 Å². The second-order valence-electron chi connectivity index (χ2n) is 4.78. The van der Waals surface area contributed by atoms with Gasteiger partial charge >= 0.3 is 0 Å². The Morgan fingerprint density at radius 3 is 2.78 bits per heavy atom. The average molecular weight is 312 g/mol. The van der Waals surface area contributed by atoms with Gasteiger partial charge in [-0.1, -0.05) is 15.9 Å². The van der Waals surface area contributed by atoms with Crippen LogP contribution in [-0.2, 0) is 0 Å². The molecule has 3 nitrogen and oxygen atoms in total. The number of aliphatic hydroxyl groups is 1. The highest BCUT2D eigenvalue weighted by Gasteiger charge is 2.23. The molecule has 98 valence electrons. The summed E-state index contributed by atoms with van der Waals surface area (Å²) in [5.41, 5.74) is 0.739. The van der Waals surface area contributed by atoms with E-state index in [1.165, 1.54) is 0 Å². The lowest BCUT2D eigenvalue weighted by atomic mass is 9.94. The summed E-state index contributed by atoms with van der Waals surface area (Å²) >= 11 is 3.37. The molecule has 0 saturated carbocycles. The van der Waals surface area contributed by atoms with E-state index in [9.17, 15) is 4.79 Å². The number of carbonyl (C=O) groups excluding carboxylic acids is 1. The zero-order valence-electron chi connectivity index (χ0n) is 10.3. The van der Waals surface area contributed by atoms with Crippen molar-refractivity contribution in [1.29, 1.82) is 0 Å². The number of amides is 1. The molecule has 1 N–H and O–H groups in total. The topological polar surface area (TPSA) is 40.5 Å². The van der Waals surface area contributed by atoms with Gasteiger partial charge in [-0.2, -0.15) is 0 Å². The molecule has 0 spiro atoms. The number of likely N-dealkylation sites (tertiary alicyclic amines) is 1. The molecule has 0 aliphatic carbocycles. The van der Waals surface area contributed by atoms with Gasteiger partial charge < -0.3 is 10.0 Å². The Labute approximate surface area is 116 Å². The van der Waals surface area contributed by atoms with E-state index in [2.05, 4.69) is 15.9 Å². The summed E-state index contributed by atoms with van der Waals surface area (Å²) < 4.78 is 0.982. The molecule has 1 fully saturated rings. The number of nitrogens with zero attached hydrogens (tertiary/aromatic N) is 1. The monoisotopic (exact) mass is 311 g/mol. The lowest BCUT2D eigenvalue weighted by Crippen LogP contribution is -2.40. The van der Waals surface area contributed by atoms with Crippen LogP contribution in [-0.4, -0.2) is 35.6 Å². The molecule has 1 atom stereocenters. The van der Waals surface area contributed by atoms with E-state index in [1.54, 1.807) is 0 Å². The van der Waals surface area contributed by atoms with E-state index in [0.29, 0.717) is 5.92 Å². The van der Waals surface area contributed by atoms with E-state index in [-0.39, 0.29) is 12.5 Å². The largest absolute Gasteiger partial charge is 0.396 e. The molecule has 0 bridgehead atoms. The fourth-order valence-corrected chi connectivity index (χ4v) is 2.71. The lowest BCUT2D eigenvalue weighted by Gasteiger charge is -2.32. The molecule has 1 aliphatic heterocycles. The normalized spacial score (nSPS) is 19.9. The number of carbonyl (C=O) groups is 1. The summed E-state index contributed by atoms with van der Waals surface area (Å²) in [7, 11) is 0. The van der Waals surface area contributed by atoms with Crippen molar-refractivity contribution in [2.24, 2.45) is 5.92 Å². The Balaban J connectivity index is 2.02. The molecule has 1 saturated heterocycles. The van der Waals surface area contributed by atoms with Gasteiger partial charge in [0.2, 0.25) is 0 Å². The van der Waals surface area contributed by atoms with Crippen molar-refractivity contribution in [2.45, 2.75) is 19.3 Å². The quantitative estimate of drug-likeness (QED) is 0.932. The third-order valence-corrected chi connectivity index (χ3v) is 3.96. The first kappa shape index (κ1) is 13.6. The fourth-order valence-electron chi connectivity index (χ4n) is 2.44. The third-order valence-electron chi connectivity index (χ3n) is 3.43. The molecule has 18 heavy (non-hydrogen) atoms. The van der Waals surface area contributed by atoms with Crippen LogP contribution in [0, 0.1) is 5.92 Å². The molecule has 1 unspecified atom stereocenters. The van der Waals surface area contributed by atoms with Crippen molar-refractivity contribution < 1.29 is 9.90 Å². The number of aliphatic hydroxyl groups excluding tert-OH is 1. The summed E-state index contributed by atoms with van der Waals surface area (Å²) in [6.07, 6.45) is 2.95. The summed E-state index contributed by atoms with van der Waals surface area (Å²) in [6.45, 7) is 1.82. The number of benzene rings is 1. The van der Waals surface area contributed by atoms with Crippen molar-refractivity contribution >= 4 is 21.8 Å². The third kappa shape index (κ3) is 3.33. The highest BCUT2D eigenvalue weighted by atomic mass is 79.9. The van der Waals surface area contributed by atoms with Crippen LogP contribution in [0.2, 0.25) is 0 Å². The van der Waals surface area contributed by atoms with Gasteiger partial charge in [0.1, 0.15) is 0 Å². The first-order chi connectivity index (χ1) is 8.70. The lowest BCUT2D eigenvalue weighted by molar-refractivity contribution is 0.0653. The predicted octanol–water partition coefficient (Wildman–Crippen LogP) is 2.68. The van der Waals surface area contributed by atoms with Gasteiger partial charge in [0.05, 0.1) is 0 Å². The molecule has 1 amide bonds. The molecule has 1 aromatic carbocycles. The van der Waals surface area contributed by atoms with Crippen molar-refractivity contribution in [3.8, 4) is 0 Å². The second kappa shape index (κ2) is 6.34. The molecular weight excluding hydrogens is 294 g/mol. The Hall–Kier alpha value is -0.870. The molecular formula is C14H18BrNO2. The van der Waals surface area contributed by atoms with Crippen LogP contribution >= 0.6 is 15.9 Å². The Morgan fingerprint density at radius 2 is 2.11 bits per heavy atom. The van der Waals surface area contributed by atoms with Crippen molar-refractivity contribution in [3.05, 3.63) is 34.3 Å². The second-order valence-corrected chi connectivity index (χ2v) is 5.69. The standard InChI is InChI=1S/C14H18BrNO2/c15-13-5-3-12(4-6-13)14(18)16-8-1-2-11(10-16)7-9-17/h3-6,11,17H,1-2,7-10H2. The van der Waals surface area contributed by atoms with Gasteiger partial charge in [-0.25, -0.2) is 0 Å². The first-order valence-electron chi connectivity index (χ1n) is 6.36. The number of piperidine rings is 1. The maximum Gasteiger partial charge on any atom is 0.253 e. The number of hydrogen-bond acceptors (Lipinski definition) is 2. The molecule has 1 aliphatic rings. The van der Waals surface area contributed by atoms with E-state index >= 15 is 0 Å². The van der Waals surface area contributed by atoms with Crippen LogP contribution in [0.5, 0.6) is 0 Å². The van der Waals surface area contributed by atoms with E-state index in [0.717, 1.165) is 42.4 Å². The Morgan fingerprint density at radius 1 is 1.39 bits per heavy atom. The summed E-state index contributed by atoms with van der Waals surface area (Å²) in [5.74, 6) is 0.549. The zero-order chi connectivity index (χ0) is 13.0. The van der Waals surface area contributed by atoms with Gasteiger partial charge in [0.15, 0.2) is 0 Å². The van der Waals surface area contributed by atoms with Crippen LogP contribution in [0.15, 0.2) is 28.7 Å². The first-order valence-corrected chi connectivity index (χ1v) is 7.15. The van der Waals surface area contributed by atoms with Crippen LogP contribution in [0.4, 0.5) is 0 Å². The van der Waals surface area contributed by atoms with Gasteiger partial charge in [-0.15, -0.1) is 0 Å². The van der Waals surface area contributed by atoms with E-state index < -0.39 is 0 Å². The molecule has 2 rings (SSSR count). The van der Waals surface area contributed by atoms with E-state index in [4.69, 9.17) is 5.11 Å². The van der Waals surface area contributed by atoms with Crippen LogP contribution in [0.3, 0.4) is 0 Å². The maximum atomic E-state index is 12.3. The zero-order valence-corrected chi connectivity index (χ0v) is 11.9. The van der Waals surface area contributed by atoms with Crippen LogP contribution in [0.1, 0.15) is 29.6 Å². The minimum Gasteiger partial charge on any atom is -0.396 e. The fraction of sp³-hybridized carbons (Fsp3) is 0.500. The Bertz CT molecular complexity index is 403. The van der Waals surface area contributed by atoms with Crippen LogP contribution in [0.25, 0.3) is 0 Å². The summed E-state index contributed by atoms with van der Waals surface area (Å²) in [4.78, 5) is 14.2. The highest BCUT2D eigenvalue weighted by Crippen LogP contribution is 2.21. The van der Waals surface area contributed by atoms with E-state index in [1.807, 2.05) is 29.2 Å².